The van der Waals surface area contributed by atoms with Gasteiger partial charge in [0.2, 0.25) is 11.8 Å². The molecule has 2 aromatic rings. The average Bonchev–Trinajstić information content (AvgIpc) is 3.16. The van der Waals surface area contributed by atoms with E-state index in [0.29, 0.717) is 19.5 Å². The van der Waals surface area contributed by atoms with Gasteiger partial charge in [-0.15, -0.1) is 5.10 Å². The van der Waals surface area contributed by atoms with E-state index in [9.17, 15) is 9.59 Å². The van der Waals surface area contributed by atoms with Gasteiger partial charge in [-0.25, -0.2) is 4.68 Å². The lowest BCUT2D eigenvalue weighted by atomic mass is 9.96. The lowest BCUT2D eigenvalue weighted by Crippen LogP contribution is -2.47. The van der Waals surface area contributed by atoms with Crippen molar-refractivity contribution in [2.24, 2.45) is 5.92 Å². The first-order valence-electron chi connectivity index (χ1n) is 8.93. The Balaban J connectivity index is 1.58. The number of nitrogens with zero attached hydrogens (tertiary/aromatic N) is 5. The number of carbonyl (C=O) groups is 2. The van der Waals surface area contributed by atoms with Crippen molar-refractivity contribution in [1.82, 2.24) is 30.4 Å². The second kappa shape index (κ2) is 8.07. The monoisotopic (exact) mass is 356 g/mol. The minimum Gasteiger partial charge on any atom is -0.354 e. The van der Waals surface area contributed by atoms with Crippen LogP contribution in [0.5, 0.6) is 0 Å². The molecule has 8 heteroatoms. The van der Waals surface area contributed by atoms with Gasteiger partial charge in [0, 0.05) is 19.1 Å². The fraction of sp³-hybridized carbons (Fsp3) is 0.500. The first-order chi connectivity index (χ1) is 12.5. The summed E-state index contributed by atoms with van der Waals surface area (Å²) in [6, 6.07) is 7.69. The van der Waals surface area contributed by atoms with Crippen LogP contribution in [0, 0.1) is 5.92 Å². The molecule has 1 aromatic carbocycles. The molecule has 3 rings (SSSR count). The molecule has 1 aliphatic rings. The largest absolute Gasteiger partial charge is 0.354 e. The number of aromatic nitrogens is 4. The van der Waals surface area contributed by atoms with Gasteiger partial charge in [0.15, 0.2) is 0 Å². The number of piperidine rings is 1. The predicted molar refractivity (Wildman–Crippen MR) is 95.4 cm³/mol. The van der Waals surface area contributed by atoms with Crippen LogP contribution < -0.4 is 5.32 Å². The molecule has 1 aromatic heterocycles. The van der Waals surface area contributed by atoms with Crippen LogP contribution in [0.15, 0.2) is 30.6 Å². The number of likely N-dealkylation sites (tertiary alicyclic amines) is 1. The Morgan fingerprint density at radius 1 is 1.27 bits per heavy atom. The maximum Gasteiger partial charge on any atom is 0.227 e. The van der Waals surface area contributed by atoms with E-state index in [1.165, 1.54) is 6.33 Å². The maximum absolute atomic E-state index is 12.6. The molecule has 1 N–H and O–H groups in total. The van der Waals surface area contributed by atoms with Crippen molar-refractivity contribution in [2.45, 2.75) is 39.2 Å². The van der Waals surface area contributed by atoms with Crippen molar-refractivity contribution < 1.29 is 9.59 Å². The molecule has 0 saturated carbocycles. The van der Waals surface area contributed by atoms with Gasteiger partial charge in [-0.3, -0.25) is 9.59 Å². The fourth-order valence-electron chi connectivity index (χ4n) is 3.15. The highest BCUT2D eigenvalue weighted by atomic mass is 16.2. The SMILES string of the molecule is CC(C)NC(=O)C1CCCN(C(=O)Cc2ccc(-n3cnnn3)cc2)C1. The van der Waals surface area contributed by atoms with Gasteiger partial charge in [-0.05, 0) is 54.8 Å². The molecule has 2 heterocycles. The van der Waals surface area contributed by atoms with Crippen LogP contribution in [-0.4, -0.2) is 56.1 Å². The number of carbonyl (C=O) groups excluding carboxylic acids is 2. The predicted octanol–water partition coefficient (Wildman–Crippen LogP) is 0.968. The molecule has 8 nitrogen and oxygen atoms in total. The second-order valence-electron chi connectivity index (χ2n) is 6.94. The van der Waals surface area contributed by atoms with E-state index in [-0.39, 0.29) is 23.8 Å². The average molecular weight is 356 g/mol. The quantitative estimate of drug-likeness (QED) is 0.862. The third kappa shape index (κ3) is 4.44. The summed E-state index contributed by atoms with van der Waals surface area (Å²) in [6.07, 6.45) is 3.55. The Kier molecular flexibility index (Phi) is 5.60. The fourth-order valence-corrected chi connectivity index (χ4v) is 3.15. The molecule has 0 bridgehead atoms. The number of hydrogen-bond donors (Lipinski definition) is 1. The van der Waals surface area contributed by atoms with Gasteiger partial charge in [0.25, 0.3) is 0 Å². The van der Waals surface area contributed by atoms with Crippen LogP contribution in [0.1, 0.15) is 32.3 Å². The van der Waals surface area contributed by atoms with E-state index in [0.717, 1.165) is 24.1 Å². The van der Waals surface area contributed by atoms with Gasteiger partial charge in [-0.1, -0.05) is 12.1 Å². The number of hydrogen-bond acceptors (Lipinski definition) is 5. The standard InChI is InChI=1S/C18H24N6O2/c1-13(2)20-18(26)15-4-3-9-23(11-15)17(25)10-14-5-7-16(8-6-14)24-12-19-21-22-24/h5-8,12-13,15H,3-4,9-11H2,1-2H3,(H,20,26). The van der Waals surface area contributed by atoms with Gasteiger partial charge in [0.05, 0.1) is 18.0 Å². The van der Waals surface area contributed by atoms with Gasteiger partial charge in [-0.2, -0.15) is 0 Å². The first kappa shape index (κ1) is 18.0. The number of nitrogens with one attached hydrogen (secondary N) is 1. The highest BCUT2D eigenvalue weighted by Gasteiger charge is 2.28. The van der Waals surface area contributed by atoms with E-state index >= 15 is 0 Å². The van der Waals surface area contributed by atoms with Gasteiger partial charge in [0.1, 0.15) is 6.33 Å². The maximum atomic E-state index is 12.6. The Morgan fingerprint density at radius 2 is 2.04 bits per heavy atom. The molecule has 0 spiro atoms. The van der Waals surface area contributed by atoms with E-state index in [1.54, 1.807) is 4.68 Å². The van der Waals surface area contributed by atoms with E-state index in [4.69, 9.17) is 0 Å². The zero-order valence-corrected chi connectivity index (χ0v) is 15.1. The molecular formula is C18H24N6O2. The minimum atomic E-state index is -0.114. The minimum absolute atomic E-state index is 0.0447. The highest BCUT2D eigenvalue weighted by molar-refractivity contribution is 5.82. The molecule has 1 saturated heterocycles. The van der Waals surface area contributed by atoms with E-state index < -0.39 is 0 Å². The molecule has 0 aliphatic carbocycles. The molecule has 1 aliphatic heterocycles. The van der Waals surface area contributed by atoms with Crippen LogP contribution in [0.4, 0.5) is 0 Å². The summed E-state index contributed by atoms with van der Waals surface area (Å²) in [5.41, 5.74) is 1.77. The molecule has 1 fully saturated rings. The zero-order chi connectivity index (χ0) is 18.5. The highest BCUT2D eigenvalue weighted by Crippen LogP contribution is 2.18. The smallest absolute Gasteiger partial charge is 0.227 e. The number of rotatable bonds is 5. The molecule has 1 atom stereocenters. The Labute approximate surface area is 152 Å². The van der Waals surface area contributed by atoms with Gasteiger partial charge < -0.3 is 10.2 Å². The summed E-state index contributed by atoms with van der Waals surface area (Å²) in [7, 11) is 0. The Morgan fingerprint density at radius 3 is 2.69 bits per heavy atom. The van der Waals surface area contributed by atoms with Crippen molar-refractivity contribution in [2.75, 3.05) is 13.1 Å². The normalized spacial score (nSPS) is 17.3. The number of amides is 2. The van der Waals surface area contributed by atoms with Crippen LogP contribution in [0.3, 0.4) is 0 Å². The third-order valence-corrected chi connectivity index (χ3v) is 4.48. The molecule has 0 radical (unpaired) electrons. The summed E-state index contributed by atoms with van der Waals surface area (Å²) in [4.78, 5) is 26.7. The van der Waals surface area contributed by atoms with Gasteiger partial charge >= 0.3 is 0 Å². The summed E-state index contributed by atoms with van der Waals surface area (Å²) in [5.74, 6) is -0.0113. The van der Waals surface area contributed by atoms with Crippen molar-refractivity contribution in [3.63, 3.8) is 0 Å². The second-order valence-corrected chi connectivity index (χ2v) is 6.94. The number of tetrazole rings is 1. The lowest BCUT2D eigenvalue weighted by Gasteiger charge is -2.32. The van der Waals surface area contributed by atoms with Crippen molar-refractivity contribution in [3.8, 4) is 5.69 Å². The number of benzene rings is 1. The van der Waals surface area contributed by atoms with E-state index in [2.05, 4.69) is 20.8 Å². The molecule has 2 amide bonds. The van der Waals surface area contributed by atoms with Crippen LogP contribution in [0.2, 0.25) is 0 Å². The van der Waals surface area contributed by atoms with Crippen molar-refractivity contribution >= 4 is 11.8 Å². The van der Waals surface area contributed by atoms with E-state index in [1.807, 2.05) is 43.0 Å². The lowest BCUT2D eigenvalue weighted by molar-refractivity contribution is -0.135. The molecular weight excluding hydrogens is 332 g/mol. The zero-order valence-electron chi connectivity index (χ0n) is 15.1. The molecule has 138 valence electrons. The van der Waals surface area contributed by atoms with Crippen molar-refractivity contribution in [3.05, 3.63) is 36.2 Å². The van der Waals surface area contributed by atoms with Crippen molar-refractivity contribution in [1.29, 1.82) is 0 Å². The third-order valence-electron chi connectivity index (χ3n) is 4.48. The van der Waals surface area contributed by atoms with Crippen LogP contribution >= 0.6 is 0 Å². The first-order valence-corrected chi connectivity index (χ1v) is 8.93. The Bertz CT molecular complexity index is 742. The van der Waals surface area contributed by atoms with Crippen LogP contribution in [-0.2, 0) is 16.0 Å². The Hall–Kier alpha value is -2.77. The summed E-state index contributed by atoms with van der Waals surface area (Å²) in [5, 5.41) is 14.0. The summed E-state index contributed by atoms with van der Waals surface area (Å²) >= 11 is 0. The summed E-state index contributed by atoms with van der Waals surface area (Å²) < 4.78 is 1.56. The summed E-state index contributed by atoms with van der Waals surface area (Å²) in [6.45, 7) is 5.11. The topological polar surface area (TPSA) is 93.0 Å². The van der Waals surface area contributed by atoms with Crippen LogP contribution in [0.25, 0.3) is 5.69 Å². The molecule has 26 heavy (non-hydrogen) atoms. The molecule has 1 unspecified atom stereocenters.